The van der Waals surface area contributed by atoms with Crippen molar-refractivity contribution in [2.75, 3.05) is 5.32 Å². The summed E-state index contributed by atoms with van der Waals surface area (Å²) >= 11 is 5.85. The highest BCUT2D eigenvalue weighted by atomic mass is 35.5. The van der Waals surface area contributed by atoms with Crippen LogP contribution in [0.25, 0.3) is 0 Å². The van der Waals surface area contributed by atoms with Crippen LogP contribution in [0.4, 0.5) is 5.69 Å². The van der Waals surface area contributed by atoms with Crippen LogP contribution >= 0.6 is 11.6 Å². The van der Waals surface area contributed by atoms with Gasteiger partial charge in [-0.05, 0) is 30.3 Å². The zero-order valence-corrected chi connectivity index (χ0v) is 11.6. The van der Waals surface area contributed by atoms with Gasteiger partial charge < -0.3 is 10.4 Å². The van der Waals surface area contributed by atoms with Gasteiger partial charge in [-0.1, -0.05) is 23.7 Å². The first-order valence-electron chi connectivity index (χ1n) is 5.67. The van der Waals surface area contributed by atoms with Crippen LogP contribution in [0.5, 0.6) is 5.75 Å². The SMILES string of the molecule is O=S1(=O)N=C(Nc2cc(Cl)ccc2O)c2ccccc21. The normalized spacial score (nSPS) is 15.6. The summed E-state index contributed by atoms with van der Waals surface area (Å²) in [4.78, 5) is 0.143. The molecular formula is C13H9ClN2O3S. The van der Waals surface area contributed by atoms with E-state index in [4.69, 9.17) is 11.6 Å². The van der Waals surface area contributed by atoms with Gasteiger partial charge in [-0.3, -0.25) is 0 Å². The molecule has 2 aromatic carbocycles. The zero-order valence-electron chi connectivity index (χ0n) is 10.0. The van der Waals surface area contributed by atoms with Crippen molar-refractivity contribution in [2.24, 2.45) is 4.40 Å². The molecule has 0 aliphatic carbocycles. The Balaban J connectivity index is 2.07. The van der Waals surface area contributed by atoms with Crippen molar-refractivity contribution in [2.45, 2.75) is 4.90 Å². The first-order chi connectivity index (χ1) is 9.47. The lowest BCUT2D eigenvalue weighted by Gasteiger charge is -2.08. The van der Waals surface area contributed by atoms with E-state index in [1.54, 1.807) is 18.2 Å². The molecule has 3 rings (SSSR count). The van der Waals surface area contributed by atoms with Gasteiger partial charge >= 0.3 is 0 Å². The number of amidine groups is 1. The Morgan fingerprint density at radius 2 is 1.90 bits per heavy atom. The largest absolute Gasteiger partial charge is 0.506 e. The quantitative estimate of drug-likeness (QED) is 0.794. The number of nitrogens with zero attached hydrogens (tertiary/aromatic N) is 1. The number of nitrogens with one attached hydrogen (secondary N) is 1. The van der Waals surface area contributed by atoms with E-state index in [9.17, 15) is 13.5 Å². The Labute approximate surface area is 120 Å². The standard InChI is InChI=1S/C13H9ClN2O3S/c14-8-5-6-11(17)10(7-8)15-13-9-3-1-2-4-12(9)20(18,19)16-13/h1-7,17H,(H,15,16). The summed E-state index contributed by atoms with van der Waals surface area (Å²) in [7, 11) is -3.69. The molecule has 2 aromatic rings. The molecule has 1 heterocycles. The lowest BCUT2D eigenvalue weighted by atomic mass is 10.2. The molecule has 20 heavy (non-hydrogen) atoms. The molecule has 7 heteroatoms. The number of aromatic hydroxyl groups is 1. The summed E-state index contributed by atoms with van der Waals surface area (Å²) in [5.74, 6) is 0.122. The van der Waals surface area contributed by atoms with Crippen LogP contribution in [0, 0.1) is 0 Å². The van der Waals surface area contributed by atoms with E-state index in [1.807, 2.05) is 0 Å². The first kappa shape index (κ1) is 13.0. The molecule has 102 valence electrons. The Morgan fingerprint density at radius 1 is 1.15 bits per heavy atom. The number of fused-ring (bicyclic) bond motifs is 1. The van der Waals surface area contributed by atoms with E-state index in [-0.39, 0.29) is 16.5 Å². The van der Waals surface area contributed by atoms with E-state index in [1.165, 1.54) is 24.3 Å². The van der Waals surface area contributed by atoms with Crippen LogP contribution in [-0.4, -0.2) is 19.4 Å². The van der Waals surface area contributed by atoms with Crippen LogP contribution in [0.15, 0.2) is 51.8 Å². The summed E-state index contributed by atoms with van der Waals surface area (Å²) in [5.41, 5.74) is 0.759. The number of halogens is 1. The summed E-state index contributed by atoms with van der Waals surface area (Å²) in [6.07, 6.45) is 0. The van der Waals surface area contributed by atoms with Crippen molar-refractivity contribution in [3.05, 3.63) is 53.1 Å². The van der Waals surface area contributed by atoms with Gasteiger partial charge in [0.15, 0.2) is 5.84 Å². The molecule has 0 spiro atoms. The van der Waals surface area contributed by atoms with Crippen molar-refractivity contribution < 1.29 is 13.5 Å². The molecule has 0 atom stereocenters. The monoisotopic (exact) mass is 308 g/mol. The van der Waals surface area contributed by atoms with Crippen LogP contribution in [-0.2, 0) is 10.0 Å². The van der Waals surface area contributed by atoms with Gasteiger partial charge in [0, 0.05) is 10.6 Å². The lowest BCUT2D eigenvalue weighted by molar-refractivity contribution is 0.478. The number of hydrogen-bond acceptors (Lipinski definition) is 4. The zero-order chi connectivity index (χ0) is 14.3. The fourth-order valence-electron chi connectivity index (χ4n) is 1.93. The molecule has 0 aromatic heterocycles. The van der Waals surface area contributed by atoms with Crippen LogP contribution in [0.2, 0.25) is 5.02 Å². The second-order valence-corrected chi connectivity index (χ2v) is 6.21. The van der Waals surface area contributed by atoms with Crippen molar-refractivity contribution >= 4 is 33.1 Å². The molecule has 0 unspecified atom stereocenters. The minimum Gasteiger partial charge on any atom is -0.506 e. The van der Waals surface area contributed by atoms with Gasteiger partial charge in [0.2, 0.25) is 0 Å². The predicted molar refractivity (Wildman–Crippen MR) is 76.9 cm³/mol. The maximum Gasteiger partial charge on any atom is 0.285 e. The third-order valence-corrected chi connectivity index (χ3v) is 4.41. The molecular weight excluding hydrogens is 300 g/mol. The molecule has 0 amide bonds. The minimum absolute atomic E-state index is 0.0427. The summed E-state index contributed by atoms with van der Waals surface area (Å²) in [5, 5.41) is 13.0. The third-order valence-electron chi connectivity index (χ3n) is 2.84. The van der Waals surface area contributed by atoms with Gasteiger partial charge in [-0.25, -0.2) is 0 Å². The lowest BCUT2D eigenvalue weighted by Crippen LogP contribution is -2.11. The number of hydrogen-bond donors (Lipinski definition) is 2. The Morgan fingerprint density at radius 3 is 2.70 bits per heavy atom. The molecule has 0 saturated carbocycles. The number of phenols is 1. The number of phenolic OH excluding ortho intramolecular Hbond substituents is 1. The Bertz CT molecular complexity index is 831. The highest BCUT2D eigenvalue weighted by molar-refractivity contribution is 7.90. The molecule has 0 radical (unpaired) electrons. The van der Waals surface area contributed by atoms with Crippen LogP contribution in [0.3, 0.4) is 0 Å². The number of anilines is 1. The Kier molecular flexibility index (Phi) is 2.92. The molecule has 1 aliphatic heterocycles. The Hall–Kier alpha value is -2.05. The molecule has 2 N–H and O–H groups in total. The highest BCUT2D eigenvalue weighted by Gasteiger charge is 2.28. The van der Waals surface area contributed by atoms with Gasteiger partial charge in [-0.15, -0.1) is 4.40 Å². The maximum atomic E-state index is 11.9. The van der Waals surface area contributed by atoms with Crippen LogP contribution in [0.1, 0.15) is 5.56 Å². The predicted octanol–water partition coefficient (Wildman–Crippen LogP) is 2.61. The van der Waals surface area contributed by atoms with Gasteiger partial charge in [0.25, 0.3) is 10.0 Å². The molecule has 1 aliphatic rings. The van der Waals surface area contributed by atoms with Crippen molar-refractivity contribution in [1.29, 1.82) is 0 Å². The fraction of sp³-hybridized carbons (Fsp3) is 0. The minimum atomic E-state index is -3.69. The van der Waals surface area contributed by atoms with Crippen molar-refractivity contribution in [1.82, 2.24) is 0 Å². The number of benzene rings is 2. The fourth-order valence-corrected chi connectivity index (χ4v) is 3.28. The number of rotatable bonds is 1. The van der Waals surface area contributed by atoms with Gasteiger partial charge in [0.1, 0.15) is 10.6 Å². The summed E-state index contributed by atoms with van der Waals surface area (Å²) < 4.78 is 27.5. The van der Waals surface area contributed by atoms with E-state index in [0.717, 1.165) is 0 Å². The van der Waals surface area contributed by atoms with Gasteiger partial charge in [-0.2, -0.15) is 8.42 Å². The smallest absolute Gasteiger partial charge is 0.285 e. The average Bonchev–Trinajstić information content (AvgIpc) is 2.66. The van der Waals surface area contributed by atoms with Gasteiger partial charge in [0.05, 0.1) is 5.69 Å². The molecule has 0 saturated heterocycles. The van der Waals surface area contributed by atoms with E-state index >= 15 is 0 Å². The van der Waals surface area contributed by atoms with Crippen molar-refractivity contribution in [3.63, 3.8) is 0 Å². The third kappa shape index (κ3) is 2.13. The second kappa shape index (κ2) is 4.50. The van der Waals surface area contributed by atoms with Crippen molar-refractivity contribution in [3.8, 4) is 5.75 Å². The number of sulfonamides is 1. The van der Waals surface area contributed by atoms with E-state index in [2.05, 4.69) is 9.71 Å². The molecule has 5 nitrogen and oxygen atoms in total. The highest BCUT2D eigenvalue weighted by Crippen LogP contribution is 2.31. The van der Waals surface area contributed by atoms with E-state index in [0.29, 0.717) is 16.3 Å². The average molecular weight is 309 g/mol. The molecule has 0 bridgehead atoms. The summed E-state index contributed by atoms with van der Waals surface area (Å²) in [6.45, 7) is 0. The topological polar surface area (TPSA) is 78.8 Å². The first-order valence-corrected chi connectivity index (χ1v) is 7.49. The maximum absolute atomic E-state index is 11.9. The van der Waals surface area contributed by atoms with E-state index < -0.39 is 10.0 Å². The molecule has 0 fully saturated rings. The second-order valence-electron chi connectivity index (χ2n) is 4.20. The summed E-state index contributed by atoms with van der Waals surface area (Å²) in [6, 6.07) is 10.9. The van der Waals surface area contributed by atoms with Crippen LogP contribution < -0.4 is 5.32 Å².